The van der Waals surface area contributed by atoms with Crippen LogP contribution in [0.1, 0.15) is 72.8 Å². The molecule has 0 unspecified atom stereocenters. The highest BCUT2D eigenvalue weighted by Crippen LogP contribution is 2.32. The van der Waals surface area contributed by atoms with Crippen molar-refractivity contribution >= 4 is 55.6 Å². The predicted molar refractivity (Wildman–Crippen MR) is 248 cm³/mol. The van der Waals surface area contributed by atoms with E-state index in [0.29, 0.717) is 41.8 Å². The molecule has 0 fully saturated rings. The molecule has 0 spiro atoms. The highest BCUT2D eigenvalue weighted by atomic mass is 16.3. The van der Waals surface area contributed by atoms with Crippen molar-refractivity contribution in [2.75, 3.05) is 0 Å². The normalized spacial score (nSPS) is 17.9. The molecule has 17 heteroatoms. The number of para-hydroxylation sites is 3. The van der Waals surface area contributed by atoms with Gasteiger partial charge >= 0.3 is 5.69 Å². The van der Waals surface area contributed by atoms with Gasteiger partial charge in [0.15, 0.2) is 5.52 Å². The summed E-state index contributed by atoms with van der Waals surface area (Å²) in [5, 5.41) is 18.2. The van der Waals surface area contributed by atoms with Gasteiger partial charge in [0.25, 0.3) is 16.7 Å². The highest BCUT2D eigenvalue weighted by molar-refractivity contribution is 5.88. The van der Waals surface area contributed by atoms with Gasteiger partial charge in [-0.3, -0.25) is 38.1 Å². The number of benzene rings is 4. The van der Waals surface area contributed by atoms with Crippen molar-refractivity contribution in [1.82, 2.24) is 49.7 Å². The number of hydrogen-bond acceptors (Lipinski definition) is 9. The molecule has 7 heterocycles. The van der Waals surface area contributed by atoms with E-state index in [-0.39, 0.29) is 46.5 Å². The van der Waals surface area contributed by atoms with Crippen molar-refractivity contribution in [2.45, 2.75) is 63.7 Å². The lowest BCUT2D eigenvalue weighted by Gasteiger charge is -2.33. The van der Waals surface area contributed by atoms with E-state index in [2.05, 4.69) is 35.6 Å². The monoisotopic (exact) mass is 884 g/mol. The number of carbonyl (C=O) groups excluding carboxylic acids is 2. The number of amides is 2. The van der Waals surface area contributed by atoms with Gasteiger partial charge in [-0.2, -0.15) is 0 Å². The molecule has 11 rings (SSSR count). The van der Waals surface area contributed by atoms with E-state index >= 15 is 0 Å². The van der Waals surface area contributed by atoms with Crippen LogP contribution in [0.15, 0.2) is 129 Å². The number of carbonyl (C=O) groups is 2. The minimum Gasteiger partial charge on any atom is -0.508 e. The maximum absolute atomic E-state index is 13.7. The number of aromatic amines is 4. The molecule has 0 bridgehead atoms. The first-order chi connectivity index (χ1) is 31.9. The summed E-state index contributed by atoms with van der Waals surface area (Å²) in [4.78, 5) is 98.1. The van der Waals surface area contributed by atoms with Crippen LogP contribution in [-0.2, 0) is 28.9 Å². The number of nitrogens with one attached hydrogen (secondary N) is 6. The van der Waals surface area contributed by atoms with Gasteiger partial charge in [0.1, 0.15) is 35.0 Å². The van der Waals surface area contributed by atoms with Crippen molar-refractivity contribution < 1.29 is 14.7 Å². The van der Waals surface area contributed by atoms with Crippen LogP contribution in [0.2, 0.25) is 0 Å². The molecule has 0 saturated carbocycles. The zero-order chi connectivity index (χ0) is 45.8. The van der Waals surface area contributed by atoms with Crippen molar-refractivity contribution in [3.8, 4) is 5.75 Å². The van der Waals surface area contributed by atoms with Crippen LogP contribution < -0.4 is 33.0 Å². The molecular formula is C49H44N10O7. The van der Waals surface area contributed by atoms with Gasteiger partial charge in [-0.05, 0) is 71.8 Å². The van der Waals surface area contributed by atoms with Crippen LogP contribution >= 0.6 is 0 Å². The van der Waals surface area contributed by atoms with Crippen LogP contribution in [0.3, 0.4) is 0 Å². The van der Waals surface area contributed by atoms with E-state index in [4.69, 9.17) is 4.98 Å². The molecule has 2 aliphatic rings. The van der Waals surface area contributed by atoms with Gasteiger partial charge in [-0.25, -0.2) is 14.8 Å². The molecule has 0 radical (unpaired) electrons. The van der Waals surface area contributed by atoms with E-state index < -0.39 is 41.0 Å². The van der Waals surface area contributed by atoms with Crippen molar-refractivity contribution in [2.24, 2.45) is 5.92 Å². The summed E-state index contributed by atoms with van der Waals surface area (Å²) in [7, 11) is 0. The molecule has 0 aliphatic carbocycles. The number of nitrogens with zero attached hydrogens (tertiary/aromatic N) is 4. The molecule has 4 atom stereocenters. The number of H-pyrrole nitrogens is 4. The van der Waals surface area contributed by atoms with Gasteiger partial charge in [-0.15, -0.1) is 0 Å². The second-order valence-electron chi connectivity index (χ2n) is 17.2. The topological polar surface area (TPSA) is 246 Å². The first-order valence-corrected chi connectivity index (χ1v) is 21.7. The SMILES string of the molecule is CC(C)C[C@@H]1NC(=O)[C@@H](Cc2c[nH]c3ccccc23)n2c1nc1c(=O)[nH]c(=O)[nH]c1c2=O.O=C1N[C@@H](Cc2ccc(O)cc2)c2nc3ccccc3c(=O)n2[C@H]1Cc1c[nH]c2ccccc12. The van der Waals surface area contributed by atoms with E-state index in [1.54, 1.807) is 22.8 Å². The van der Waals surface area contributed by atoms with Gasteiger partial charge < -0.3 is 30.7 Å². The predicted octanol–water partition coefficient (Wildman–Crippen LogP) is 5.04. The van der Waals surface area contributed by atoms with Gasteiger partial charge in [0.05, 0.1) is 23.0 Å². The Morgan fingerprint density at radius 2 is 1.15 bits per heavy atom. The Kier molecular flexibility index (Phi) is 10.5. The second-order valence-corrected chi connectivity index (χ2v) is 17.2. The van der Waals surface area contributed by atoms with Gasteiger partial charge in [-0.1, -0.05) is 74.5 Å². The van der Waals surface area contributed by atoms with Crippen LogP contribution in [0.4, 0.5) is 0 Å². The van der Waals surface area contributed by atoms with Crippen LogP contribution in [0.25, 0.3) is 43.7 Å². The van der Waals surface area contributed by atoms with Crippen molar-refractivity contribution in [1.29, 1.82) is 0 Å². The zero-order valence-electron chi connectivity index (χ0n) is 35.8. The molecule has 332 valence electrons. The quantitative estimate of drug-likeness (QED) is 0.108. The Balaban J connectivity index is 0.000000155. The maximum Gasteiger partial charge on any atom is 0.326 e. The van der Waals surface area contributed by atoms with E-state index in [9.17, 15) is 33.9 Å². The molecule has 17 nitrogen and oxygen atoms in total. The molecule has 2 aliphatic heterocycles. The fourth-order valence-corrected chi connectivity index (χ4v) is 9.32. The number of phenols is 1. The molecule has 7 N–H and O–H groups in total. The lowest BCUT2D eigenvalue weighted by molar-refractivity contribution is -0.127. The Bertz CT molecular complexity index is 3620. The average molecular weight is 885 g/mol. The largest absolute Gasteiger partial charge is 0.508 e. The summed E-state index contributed by atoms with van der Waals surface area (Å²) in [6.07, 6.45) is 5.34. The Hall–Kier alpha value is -8.34. The molecule has 0 saturated heterocycles. The minimum atomic E-state index is -0.875. The summed E-state index contributed by atoms with van der Waals surface area (Å²) in [5.41, 5.74) is 2.59. The third-order valence-corrected chi connectivity index (χ3v) is 12.4. The lowest BCUT2D eigenvalue weighted by atomic mass is 9.97. The first kappa shape index (κ1) is 41.7. The molecule has 66 heavy (non-hydrogen) atoms. The Morgan fingerprint density at radius 3 is 1.77 bits per heavy atom. The number of hydrogen-bond donors (Lipinski definition) is 7. The van der Waals surface area contributed by atoms with E-state index in [1.807, 2.05) is 105 Å². The summed E-state index contributed by atoms with van der Waals surface area (Å²) < 4.78 is 2.92. The minimum absolute atomic E-state index is 0.142. The number of aromatic hydroxyl groups is 1. The second kappa shape index (κ2) is 16.7. The molecule has 2 amide bonds. The Labute approximate surface area is 373 Å². The zero-order valence-corrected chi connectivity index (χ0v) is 35.8. The Morgan fingerprint density at radius 1 is 0.606 bits per heavy atom. The van der Waals surface area contributed by atoms with Crippen LogP contribution in [-0.4, -0.2) is 56.0 Å². The van der Waals surface area contributed by atoms with Crippen molar-refractivity contribution in [3.63, 3.8) is 0 Å². The number of fused-ring (bicyclic) bond motifs is 6. The van der Waals surface area contributed by atoms with E-state index in [0.717, 1.165) is 38.5 Å². The van der Waals surface area contributed by atoms with Crippen LogP contribution in [0.5, 0.6) is 5.75 Å². The summed E-state index contributed by atoms with van der Waals surface area (Å²) >= 11 is 0. The standard InChI is InChI=1S/C27H22N4O3.C22H22N6O4/c32-18-11-9-16(10-12-18)13-23-25-29-22-8-4-2-6-20(22)27(34)31(25)24(26(33)30-23)14-17-15-28-21-7-3-1-5-19(17)21;1-10(2)7-14-18-25-16-17(26-22(32)27-20(16)30)21(31)28(18)15(19(29)24-14)8-11-9-23-13-6-4-3-5-12(11)13/h1-12,15,23-24,28,32H,13-14H2,(H,30,33);3-6,9-10,14-15,23H,7-8H2,1-2H3,(H,24,29)(H2,26,27,30,32)/t23-,24-;14-,15+/m00/s1. The maximum atomic E-state index is 13.7. The molecule has 5 aromatic heterocycles. The van der Waals surface area contributed by atoms with Crippen molar-refractivity contribution in [3.05, 3.63) is 179 Å². The number of rotatable bonds is 8. The first-order valence-electron chi connectivity index (χ1n) is 21.7. The fraction of sp³-hybridized carbons (Fsp3) is 0.224. The fourth-order valence-electron chi connectivity index (χ4n) is 9.32. The molecule has 9 aromatic rings. The van der Waals surface area contributed by atoms with Gasteiger partial charge in [0, 0.05) is 47.0 Å². The lowest BCUT2D eigenvalue weighted by Crippen LogP contribution is -2.49. The third-order valence-electron chi connectivity index (χ3n) is 12.4. The van der Waals surface area contributed by atoms with Crippen LogP contribution in [0, 0.1) is 5.92 Å². The van der Waals surface area contributed by atoms with Gasteiger partial charge in [0.2, 0.25) is 11.8 Å². The highest BCUT2D eigenvalue weighted by Gasteiger charge is 2.38. The summed E-state index contributed by atoms with van der Waals surface area (Å²) in [6.45, 7) is 4.00. The molecular weight excluding hydrogens is 841 g/mol. The van der Waals surface area contributed by atoms with E-state index in [1.165, 1.54) is 4.57 Å². The average Bonchev–Trinajstić information content (AvgIpc) is 3.91. The third kappa shape index (κ3) is 7.52. The summed E-state index contributed by atoms with van der Waals surface area (Å²) in [5.74, 6) is 0.736. The molecule has 4 aromatic carbocycles. The smallest absolute Gasteiger partial charge is 0.326 e. The number of phenolic OH excluding ortho intramolecular Hbond substituents is 1. The number of aromatic nitrogens is 8. The summed E-state index contributed by atoms with van der Waals surface area (Å²) in [6, 6.07) is 27.1.